The molecule has 0 aromatic rings. The highest BCUT2D eigenvalue weighted by molar-refractivity contribution is 6.24. The van der Waals surface area contributed by atoms with Crippen molar-refractivity contribution in [1.29, 1.82) is 0 Å². The van der Waals surface area contributed by atoms with Gasteiger partial charge in [-0.15, -0.1) is 23.2 Å². The molecule has 2 nitrogen and oxygen atoms in total. The topological polar surface area (TPSA) is 26.3 Å². The van der Waals surface area contributed by atoms with E-state index in [0.29, 0.717) is 23.5 Å². The van der Waals surface area contributed by atoms with Crippen molar-refractivity contribution >= 4 is 29.0 Å². The highest BCUT2D eigenvalue weighted by Crippen LogP contribution is 2.43. The van der Waals surface area contributed by atoms with Gasteiger partial charge in [-0.05, 0) is 57.3 Å². The van der Waals surface area contributed by atoms with Crippen molar-refractivity contribution in [2.75, 3.05) is 7.11 Å². The van der Waals surface area contributed by atoms with Crippen molar-refractivity contribution in [1.82, 2.24) is 0 Å². The van der Waals surface area contributed by atoms with Crippen LogP contribution >= 0.6 is 23.2 Å². The van der Waals surface area contributed by atoms with Crippen LogP contribution in [0.5, 0.6) is 0 Å². The van der Waals surface area contributed by atoms with E-state index in [-0.39, 0.29) is 16.9 Å². The SMILES string of the molecule is COC1C(Cl)CC(C2CCC(C(C)=O)CC2)CC1Cl. The first-order chi connectivity index (χ1) is 9.02. The second-order valence-corrected chi connectivity index (χ2v) is 7.31. The lowest BCUT2D eigenvalue weighted by Gasteiger charge is -2.41. The fraction of sp³-hybridized carbons (Fsp3) is 0.933. The van der Waals surface area contributed by atoms with Crippen LogP contribution in [-0.4, -0.2) is 29.8 Å². The molecule has 19 heavy (non-hydrogen) atoms. The fourth-order valence-corrected chi connectivity index (χ4v) is 4.94. The summed E-state index contributed by atoms with van der Waals surface area (Å²) in [7, 11) is 1.69. The lowest BCUT2D eigenvalue weighted by Crippen LogP contribution is -2.42. The van der Waals surface area contributed by atoms with Crippen LogP contribution in [0.15, 0.2) is 0 Å². The molecule has 0 radical (unpaired) electrons. The van der Waals surface area contributed by atoms with E-state index < -0.39 is 0 Å². The van der Waals surface area contributed by atoms with Gasteiger partial charge in [-0.3, -0.25) is 4.79 Å². The molecule has 0 aromatic heterocycles. The molecule has 2 rings (SSSR count). The molecule has 0 amide bonds. The number of carbonyl (C=O) groups excluding carboxylic acids is 1. The van der Waals surface area contributed by atoms with E-state index in [9.17, 15) is 4.79 Å². The molecule has 2 fully saturated rings. The molecule has 2 saturated carbocycles. The predicted molar refractivity (Wildman–Crippen MR) is 78.9 cm³/mol. The fourth-order valence-electron chi connectivity index (χ4n) is 3.85. The zero-order valence-electron chi connectivity index (χ0n) is 11.8. The molecule has 0 aromatic carbocycles. The quantitative estimate of drug-likeness (QED) is 0.736. The predicted octanol–water partition coefficient (Wildman–Crippen LogP) is 4.02. The summed E-state index contributed by atoms with van der Waals surface area (Å²) in [4.78, 5) is 11.4. The van der Waals surface area contributed by atoms with Crippen molar-refractivity contribution in [3.8, 4) is 0 Å². The van der Waals surface area contributed by atoms with Gasteiger partial charge >= 0.3 is 0 Å². The van der Waals surface area contributed by atoms with Gasteiger partial charge in [0.25, 0.3) is 0 Å². The smallest absolute Gasteiger partial charge is 0.132 e. The van der Waals surface area contributed by atoms with Gasteiger partial charge in [0.15, 0.2) is 0 Å². The highest BCUT2D eigenvalue weighted by Gasteiger charge is 2.40. The van der Waals surface area contributed by atoms with Gasteiger partial charge in [0.1, 0.15) is 5.78 Å². The summed E-state index contributed by atoms with van der Waals surface area (Å²) < 4.78 is 5.39. The van der Waals surface area contributed by atoms with Crippen molar-refractivity contribution in [2.24, 2.45) is 17.8 Å². The minimum Gasteiger partial charge on any atom is -0.378 e. The van der Waals surface area contributed by atoms with Crippen molar-refractivity contribution in [2.45, 2.75) is 62.3 Å². The Morgan fingerprint density at radius 1 is 1.00 bits per heavy atom. The molecule has 0 spiro atoms. The molecular weight excluding hydrogens is 283 g/mol. The number of ether oxygens (including phenoxy) is 1. The third-order valence-corrected chi connectivity index (χ3v) is 5.91. The number of carbonyl (C=O) groups is 1. The number of hydrogen-bond acceptors (Lipinski definition) is 2. The van der Waals surface area contributed by atoms with Crippen LogP contribution in [0.25, 0.3) is 0 Å². The third kappa shape index (κ3) is 3.65. The summed E-state index contributed by atoms with van der Waals surface area (Å²) >= 11 is 12.8. The molecule has 4 heteroatoms. The van der Waals surface area contributed by atoms with E-state index in [1.165, 1.54) is 0 Å². The molecule has 2 atom stereocenters. The number of halogens is 2. The van der Waals surface area contributed by atoms with E-state index in [4.69, 9.17) is 27.9 Å². The van der Waals surface area contributed by atoms with Crippen molar-refractivity contribution in [3.05, 3.63) is 0 Å². The van der Waals surface area contributed by atoms with Crippen LogP contribution in [0.3, 0.4) is 0 Å². The minimum absolute atomic E-state index is 0.0202. The van der Waals surface area contributed by atoms with Crippen molar-refractivity contribution < 1.29 is 9.53 Å². The van der Waals surface area contributed by atoms with E-state index in [1.54, 1.807) is 14.0 Å². The molecule has 0 aliphatic heterocycles. The Labute approximate surface area is 126 Å². The molecule has 2 aliphatic rings. The molecule has 110 valence electrons. The maximum absolute atomic E-state index is 11.4. The number of rotatable bonds is 3. The maximum Gasteiger partial charge on any atom is 0.132 e. The summed E-state index contributed by atoms with van der Waals surface area (Å²) in [6.45, 7) is 1.72. The zero-order chi connectivity index (χ0) is 14.0. The lowest BCUT2D eigenvalue weighted by molar-refractivity contribution is -0.122. The van der Waals surface area contributed by atoms with E-state index in [2.05, 4.69) is 0 Å². The van der Waals surface area contributed by atoms with Crippen LogP contribution in [0.4, 0.5) is 0 Å². The lowest BCUT2D eigenvalue weighted by atomic mass is 9.70. The molecule has 0 N–H and O–H groups in total. The number of ketones is 1. The Balaban J connectivity index is 1.89. The number of alkyl halides is 2. The normalized spacial score (nSPS) is 44.0. The standard InChI is InChI=1S/C15H24Cl2O2/c1-9(18)10-3-5-11(6-4-10)12-7-13(16)15(19-2)14(17)8-12/h10-15H,3-8H2,1-2H3. The number of Topliss-reactive ketones (excluding diaryl/α,β-unsaturated/α-hetero) is 1. The van der Waals surface area contributed by atoms with Crippen molar-refractivity contribution in [3.63, 3.8) is 0 Å². The van der Waals surface area contributed by atoms with E-state index in [0.717, 1.165) is 38.5 Å². The molecule has 0 heterocycles. The van der Waals surface area contributed by atoms with Crippen LogP contribution in [-0.2, 0) is 9.53 Å². The van der Waals surface area contributed by atoms with Gasteiger partial charge in [-0.1, -0.05) is 0 Å². The molecule has 0 bridgehead atoms. The van der Waals surface area contributed by atoms with Gasteiger partial charge in [-0.2, -0.15) is 0 Å². The maximum atomic E-state index is 11.4. The van der Waals surface area contributed by atoms with E-state index >= 15 is 0 Å². The first-order valence-corrected chi connectivity index (χ1v) is 8.21. The van der Waals surface area contributed by atoms with Gasteiger partial charge < -0.3 is 4.74 Å². The largest absolute Gasteiger partial charge is 0.378 e. The monoisotopic (exact) mass is 306 g/mol. The van der Waals surface area contributed by atoms with Gasteiger partial charge in [0, 0.05) is 13.0 Å². The Bertz CT molecular complexity index is 301. The molecule has 2 aliphatic carbocycles. The van der Waals surface area contributed by atoms with E-state index in [1.807, 2.05) is 0 Å². The summed E-state index contributed by atoms with van der Waals surface area (Å²) in [6, 6.07) is 0. The summed E-state index contributed by atoms with van der Waals surface area (Å²) in [5, 5.41) is 0.0496. The number of hydrogen-bond donors (Lipinski definition) is 0. The first-order valence-electron chi connectivity index (χ1n) is 7.34. The van der Waals surface area contributed by atoms with Crippen LogP contribution in [0.1, 0.15) is 45.4 Å². The zero-order valence-corrected chi connectivity index (χ0v) is 13.3. The molecule has 0 saturated heterocycles. The Morgan fingerprint density at radius 2 is 1.53 bits per heavy atom. The molecule has 2 unspecified atom stereocenters. The average molecular weight is 307 g/mol. The van der Waals surface area contributed by atoms with Crippen LogP contribution < -0.4 is 0 Å². The summed E-state index contributed by atoms with van der Waals surface area (Å²) in [6.07, 6.45) is 6.37. The summed E-state index contributed by atoms with van der Waals surface area (Å²) in [5.74, 6) is 1.94. The van der Waals surface area contributed by atoms with Gasteiger partial charge in [0.05, 0.1) is 16.9 Å². The first kappa shape index (κ1) is 15.6. The van der Waals surface area contributed by atoms with Gasteiger partial charge in [-0.25, -0.2) is 0 Å². The van der Waals surface area contributed by atoms with Gasteiger partial charge in [0.2, 0.25) is 0 Å². The Kier molecular flexibility index (Phi) is 5.56. The molecular formula is C15H24Cl2O2. The minimum atomic E-state index is -0.0202. The Morgan fingerprint density at radius 3 is 1.95 bits per heavy atom. The van der Waals surface area contributed by atoms with Crippen LogP contribution in [0.2, 0.25) is 0 Å². The second-order valence-electron chi connectivity index (χ2n) is 6.19. The number of methoxy groups -OCH3 is 1. The summed E-state index contributed by atoms with van der Waals surface area (Å²) in [5.41, 5.74) is 0. The third-order valence-electron chi connectivity index (χ3n) is 5.05. The van der Waals surface area contributed by atoms with Crippen LogP contribution in [0, 0.1) is 17.8 Å². The highest BCUT2D eigenvalue weighted by atomic mass is 35.5. The Hall–Kier alpha value is 0.210. The second kappa shape index (κ2) is 6.78. The average Bonchev–Trinajstić information content (AvgIpc) is 2.38.